The Morgan fingerprint density at radius 1 is 1.29 bits per heavy atom. The van der Waals surface area contributed by atoms with E-state index in [1.54, 1.807) is 0 Å². The number of hydrogen-bond donors (Lipinski definition) is 3. The summed E-state index contributed by atoms with van der Waals surface area (Å²) < 4.78 is 0.994. The van der Waals surface area contributed by atoms with Crippen molar-refractivity contribution in [2.75, 3.05) is 0 Å². The van der Waals surface area contributed by atoms with E-state index in [2.05, 4.69) is 26.6 Å². The SMILES string of the molecule is CC(NC(=O)N[C@H]1CC[C@@H](C(=O)O)C1)c1ccc(Br)cc1. The van der Waals surface area contributed by atoms with Gasteiger partial charge < -0.3 is 15.7 Å². The summed E-state index contributed by atoms with van der Waals surface area (Å²) in [5.74, 6) is -1.11. The minimum atomic E-state index is -0.775. The molecule has 1 unspecified atom stereocenters. The molecule has 1 fully saturated rings. The summed E-state index contributed by atoms with van der Waals surface area (Å²) in [5.41, 5.74) is 1.02. The minimum Gasteiger partial charge on any atom is -0.481 e. The maximum Gasteiger partial charge on any atom is 0.315 e. The van der Waals surface area contributed by atoms with E-state index >= 15 is 0 Å². The first-order valence-corrected chi connectivity index (χ1v) is 7.80. The maximum atomic E-state index is 11.9. The molecule has 0 heterocycles. The fourth-order valence-corrected chi connectivity index (χ4v) is 2.86. The summed E-state index contributed by atoms with van der Waals surface area (Å²) in [6.07, 6.45) is 1.86. The normalized spacial score (nSPS) is 22.6. The molecule has 114 valence electrons. The van der Waals surface area contributed by atoms with Crippen LogP contribution in [0.4, 0.5) is 4.79 Å². The molecule has 5 nitrogen and oxygen atoms in total. The molecule has 1 aromatic rings. The lowest BCUT2D eigenvalue weighted by molar-refractivity contribution is -0.141. The van der Waals surface area contributed by atoms with Crippen LogP contribution in [0.2, 0.25) is 0 Å². The van der Waals surface area contributed by atoms with Gasteiger partial charge in [0.15, 0.2) is 0 Å². The Balaban J connectivity index is 1.82. The minimum absolute atomic E-state index is 0.0526. The monoisotopic (exact) mass is 354 g/mol. The summed E-state index contributed by atoms with van der Waals surface area (Å²) in [5, 5.41) is 14.7. The van der Waals surface area contributed by atoms with Crippen LogP contribution in [0.3, 0.4) is 0 Å². The summed E-state index contributed by atoms with van der Waals surface area (Å²) in [6.45, 7) is 1.91. The van der Waals surface area contributed by atoms with Gasteiger partial charge in [0.25, 0.3) is 0 Å². The van der Waals surface area contributed by atoms with Gasteiger partial charge in [-0.1, -0.05) is 28.1 Å². The van der Waals surface area contributed by atoms with Crippen LogP contribution in [0.5, 0.6) is 0 Å². The van der Waals surface area contributed by atoms with E-state index in [0.29, 0.717) is 12.8 Å². The Morgan fingerprint density at radius 3 is 2.52 bits per heavy atom. The van der Waals surface area contributed by atoms with Crippen molar-refractivity contribution in [3.05, 3.63) is 34.3 Å². The van der Waals surface area contributed by atoms with Gasteiger partial charge in [0, 0.05) is 10.5 Å². The van der Waals surface area contributed by atoms with Crippen molar-refractivity contribution in [1.82, 2.24) is 10.6 Å². The van der Waals surface area contributed by atoms with E-state index in [-0.39, 0.29) is 24.0 Å². The number of aliphatic carboxylic acids is 1. The first-order chi connectivity index (χ1) is 9.95. The molecule has 1 aliphatic rings. The fraction of sp³-hybridized carbons (Fsp3) is 0.467. The lowest BCUT2D eigenvalue weighted by Gasteiger charge is -2.18. The Morgan fingerprint density at radius 2 is 1.95 bits per heavy atom. The third kappa shape index (κ3) is 4.46. The number of urea groups is 1. The van der Waals surface area contributed by atoms with Gasteiger partial charge in [0.1, 0.15) is 0 Å². The Labute approximate surface area is 132 Å². The zero-order valence-corrected chi connectivity index (χ0v) is 13.4. The molecule has 0 spiro atoms. The summed E-state index contributed by atoms with van der Waals surface area (Å²) in [6, 6.07) is 7.36. The summed E-state index contributed by atoms with van der Waals surface area (Å²) >= 11 is 3.37. The number of halogens is 1. The number of carboxylic acids is 1. The van der Waals surface area contributed by atoms with Crippen molar-refractivity contribution in [3.8, 4) is 0 Å². The highest BCUT2D eigenvalue weighted by molar-refractivity contribution is 9.10. The van der Waals surface area contributed by atoms with Crippen LogP contribution in [0.1, 0.15) is 37.8 Å². The number of amides is 2. The molecule has 6 heteroatoms. The quantitative estimate of drug-likeness (QED) is 0.777. The second-order valence-electron chi connectivity index (χ2n) is 5.44. The van der Waals surface area contributed by atoms with E-state index in [1.165, 1.54) is 0 Å². The van der Waals surface area contributed by atoms with Crippen molar-refractivity contribution in [2.24, 2.45) is 5.92 Å². The molecule has 2 rings (SSSR count). The van der Waals surface area contributed by atoms with Gasteiger partial charge in [-0.2, -0.15) is 0 Å². The highest BCUT2D eigenvalue weighted by Crippen LogP contribution is 2.25. The van der Waals surface area contributed by atoms with Gasteiger partial charge in [-0.3, -0.25) is 4.79 Å². The molecule has 0 aromatic heterocycles. The van der Waals surface area contributed by atoms with Crippen LogP contribution < -0.4 is 10.6 Å². The molecule has 2 amide bonds. The topological polar surface area (TPSA) is 78.4 Å². The van der Waals surface area contributed by atoms with Crippen LogP contribution >= 0.6 is 15.9 Å². The second kappa shape index (κ2) is 6.93. The van der Waals surface area contributed by atoms with Crippen molar-refractivity contribution >= 4 is 27.9 Å². The molecule has 1 aromatic carbocycles. The smallest absolute Gasteiger partial charge is 0.315 e. The molecule has 1 saturated carbocycles. The van der Waals surface area contributed by atoms with Gasteiger partial charge in [-0.15, -0.1) is 0 Å². The first kappa shape index (κ1) is 15.8. The van der Waals surface area contributed by atoms with Crippen molar-refractivity contribution in [2.45, 2.75) is 38.3 Å². The standard InChI is InChI=1S/C15H19BrN2O3/c1-9(10-2-5-12(16)6-3-10)17-15(21)18-13-7-4-11(8-13)14(19)20/h2-3,5-6,9,11,13H,4,7-8H2,1H3,(H,19,20)(H2,17,18,21)/t9?,11-,13+/m1/s1. The molecular weight excluding hydrogens is 336 g/mol. The summed E-state index contributed by atoms with van der Waals surface area (Å²) in [7, 11) is 0. The second-order valence-corrected chi connectivity index (χ2v) is 6.35. The highest BCUT2D eigenvalue weighted by atomic mass is 79.9. The fourth-order valence-electron chi connectivity index (χ4n) is 2.60. The lowest BCUT2D eigenvalue weighted by atomic mass is 10.1. The number of carbonyl (C=O) groups excluding carboxylic acids is 1. The van der Waals surface area contributed by atoms with Gasteiger partial charge in [-0.05, 0) is 43.9 Å². The largest absolute Gasteiger partial charge is 0.481 e. The van der Waals surface area contributed by atoms with Crippen LogP contribution in [0.15, 0.2) is 28.7 Å². The predicted octanol–water partition coefficient (Wildman–Crippen LogP) is 3.06. The lowest BCUT2D eigenvalue weighted by Crippen LogP contribution is -2.42. The van der Waals surface area contributed by atoms with Crippen LogP contribution in [0, 0.1) is 5.92 Å². The Bertz CT molecular complexity index is 518. The van der Waals surface area contributed by atoms with E-state index in [9.17, 15) is 9.59 Å². The van der Waals surface area contributed by atoms with Crippen molar-refractivity contribution in [3.63, 3.8) is 0 Å². The Kier molecular flexibility index (Phi) is 5.22. The van der Waals surface area contributed by atoms with E-state index < -0.39 is 5.97 Å². The molecule has 0 radical (unpaired) electrons. The molecule has 3 N–H and O–H groups in total. The van der Waals surface area contributed by atoms with Crippen LogP contribution in [-0.4, -0.2) is 23.1 Å². The molecule has 0 aliphatic heterocycles. The molecular formula is C15H19BrN2O3. The molecule has 1 aliphatic carbocycles. The molecule has 0 bridgehead atoms. The van der Waals surface area contributed by atoms with E-state index in [1.807, 2.05) is 31.2 Å². The first-order valence-electron chi connectivity index (χ1n) is 7.01. The number of carboxylic acid groups (broad SMARTS) is 1. The number of hydrogen-bond acceptors (Lipinski definition) is 2. The average Bonchev–Trinajstić information content (AvgIpc) is 2.87. The van der Waals surface area contributed by atoms with Crippen molar-refractivity contribution in [1.29, 1.82) is 0 Å². The van der Waals surface area contributed by atoms with E-state index in [0.717, 1.165) is 16.5 Å². The average molecular weight is 355 g/mol. The maximum absolute atomic E-state index is 11.9. The summed E-state index contributed by atoms with van der Waals surface area (Å²) in [4.78, 5) is 22.8. The third-order valence-electron chi connectivity index (χ3n) is 3.83. The van der Waals surface area contributed by atoms with Gasteiger partial charge in [0.2, 0.25) is 0 Å². The highest BCUT2D eigenvalue weighted by Gasteiger charge is 2.30. The van der Waals surface area contributed by atoms with Gasteiger partial charge in [0.05, 0.1) is 12.0 Å². The van der Waals surface area contributed by atoms with Gasteiger partial charge in [-0.25, -0.2) is 4.79 Å². The predicted molar refractivity (Wildman–Crippen MR) is 83.0 cm³/mol. The molecule has 21 heavy (non-hydrogen) atoms. The van der Waals surface area contributed by atoms with Gasteiger partial charge >= 0.3 is 12.0 Å². The molecule has 3 atom stereocenters. The third-order valence-corrected chi connectivity index (χ3v) is 4.36. The molecule has 0 saturated heterocycles. The number of benzene rings is 1. The number of rotatable bonds is 4. The zero-order chi connectivity index (χ0) is 15.4. The number of nitrogens with one attached hydrogen (secondary N) is 2. The Hall–Kier alpha value is -1.56. The van der Waals surface area contributed by atoms with Crippen molar-refractivity contribution < 1.29 is 14.7 Å². The van der Waals surface area contributed by atoms with Crippen LogP contribution in [-0.2, 0) is 4.79 Å². The van der Waals surface area contributed by atoms with Crippen LogP contribution in [0.25, 0.3) is 0 Å². The number of carbonyl (C=O) groups is 2. The zero-order valence-electron chi connectivity index (χ0n) is 11.8. The van der Waals surface area contributed by atoms with E-state index in [4.69, 9.17) is 5.11 Å².